The Labute approximate surface area is 197 Å². The fourth-order valence-corrected chi connectivity index (χ4v) is 1.83. The summed E-state index contributed by atoms with van der Waals surface area (Å²) >= 11 is 0. The van der Waals surface area contributed by atoms with Crippen LogP contribution in [0.1, 0.15) is 11.1 Å². The maximum absolute atomic E-state index is 3.11. The van der Waals surface area contributed by atoms with Gasteiger partial charge in [0.2, 0.25) is 0 Å². The molecule has 0 nitrogen and oxygen atoms in total. The molecule has 0 aromatic heterocycles. The molecule has 4 rings (SSSR count). The van der Waals surface area contributed by atoms with Crippen LogP contribution in [0.4, 0.5) is 0 Å². The van der Waals surface area contributed by atoms with Crippen LogP contribution in [0.2, 0.25) is 0 Å². The first-order chi connectivity index (χ1) is 13.7. The van der Waals surface area contributed by atoms with Gasteiger partial charge in [-0.25, -0.2) is 0 Å². The van der Waals surface area contributed by atoms with Gasteiger partial charge in [-0.3, -0.25) is 0 Å². The first kappa shape index (κ1) is 28.3. The first-order valence-electron chi connectivity index (χ1n) is 9.25. The quantitative estimate of drug-likeness (QED) is 0.283. The Morgan fingerprint density at radius 1 is 0.448 bits per heavy atom. The van der Waals surface area contributed by atoms with Crippen LogP contribution in [0, 0.1) is 76.4 Å². The third-order valence-corrected chi connectivity index (χ3v) is 3.01. The summed E-state index contributed by atoms with van der Waals surface area (Å²) in [6.45, 7) is 6.69. The maximum Gasteiger partial charge on any atom is 0 e. The normalized spacial score (nSPS) is 14.6. The van der Waals surface area contributed by atoms with E-state index in [0.29, 0.717) is 7.92 Å². The van der Waals surface area contributed by atoms with Crippen LogP contribution in [0.3, 0.4) is 0 Å². The summed E-state index contributed by atoms with van der Waals surface area (Å²) in [4.78, 5) is 0. The van der Waals surface area contributed by atoms with Crippen molar-refractivity contribution >= 4 is 7.92 Å². The molecule has 0 amide bonds. The van der Waals surface area contributed by atoms with Crippen molar-refractivity contribution in [3.8, 4) is 0 Å². The summed E-state index contributed by atoms with van der Waals surface area (Å²) in [7, 11) is 0.380. The molecule has 2 aromatic carbocycles. The van der Waals surface area contributed by atoms with Crippen LogP contribution in [-0.4, -0.2) is 20.0 Å². The maximum atomic E-state index is 3.11. The van der Waals surface area contributed by atoms with Crippen molar-refractivity contribution in [3.63, 3.8) is 0 Å². The van der Waals surface area contributed by atoms with Crippen LogP contribution in [0.25, 0.3) is 0 Å². The van der Waals surface area contributed by atoms with E-state index in [1.807, 2.05) is 125 Å². The van der Waals surface area contributed by atoms with Gasteiger partial charge in [-0.1, -0.05) is 60.7 Å². The van der Waals surface area contributed by atoms with E-state index in [2.05, 4.69) is 32.1 Å². The summed E-state index contributed by atoms with van der Waals surface area (Å²) in [5, 5.41) is 0. The molecule has 2 aliphatic rings. The molecular formula is C27H29PTi. The Hall–Kier alpha value is -0.676. The van der Waals surface area contributed by atoms with E-state index in [-0.39, 0.29) is 21.7 Å². The monoisotopic (exact) mass is 432 g/mol. The van der Waals surface area contributed by atoms with Gasteiger partial charge in [0.05, 0.1) is 0 Å². The second kappa shape index (κ2) is 20.6. The van der Waals surface area contributed by atoms with Crippen LogP contribution < -0.4 is 0 Å². The fourth-order valence-electron chi connectivity index (χ4n) is 1.83. The summed E-state index contributed by atoms with van der Waals surface area (Å²) in [6.07, 6.45) is 26.2. The Kier molecular flexibility index (Phi) is 20.1. The van der Waals surface area contributed by atoms with Crippen molar-refractivity contribution in [2.45, 2.75) is 0 Å². The van der Waals surface area contributed by atoms with Crippen LogP contribution in [0.5, 0.6) is 0 Å². The number of hydrogen-bond donors (Lipinski definition) is 0. The zero-order valence-electron chi connectivity index (χ0n) is 17.5. The third kappa shape index (κ3) is 19.1. The van der Waals surface area contributed by atoms with E-state index >= 15 is 0 Å². The summed E-state index contributed by atoms with van der Waals surface area (Å²) in [5.41, 5.74) is 2.10. The molecule has 0 aliphatic heterocycles. The van der Waals surface area contributed by atoms with E-state index in [0.717, 1.165) is 11.1 Å². The van der Waals surface area contributed by atoms with Gasteiger partial charge in [-0.15, -0.1) is 7.92 Å². The van der Waals surface area contributed by atoms with Crippen molar-refractivity contribution in [1.29, 1.82) is 0 Å². The van der Waals surface area contributed by atoms with Gasteiger partial charge in [0.15, 0.2) is 0 Å². The number of hydrogen-bond acceptors (Lipinski definition) is 0. The van der Waals surface area contributed by atoms with Crippen molar-refractivity contribution in [2.24, 2.45) is 0 Å². The molecule has 2 fully saturated rings. The molecule has 0 heterocycles. The Balaban J connectivity index is 0.000000430. The minimum absolute atomic E-state index is 0. The molecule has 2 aromatic rings. The average molecular weight is 432 g/mol. The smallest absolute Gasteiger partial charge is 0 e. The summed E-state index contributed by atoms with van der Waals surface area (Å²) in [6, 6.07) is 20.0. The molecule has 0 spiro atoms. The van der Waals surface area contributed by atoms with Gasteiger partial charge in [0.1, 0.15) is 0 Å². The number of rotatable bonds is 2. The topological polar surface area (TPSA) is 0 Å². The Bertz CT molecular complexity index is 515. The van der Waals surface area contributed by atoms with E-state index < -0.39 is 0 Å². The van der Waals surface area contributed by atoms with Crippen LogP contribution >= 0.6 is 7.92 Å². The van der Waals surface area contributed by atoms with Gasteiger partial charge in [0, 0.05) is 21.7 Å². The molecule has 0 bridgehead atoms. The second-order valence-electron chi connectivity index (χ2n) is 6.25. The molecule has 0 saturated heterocycles. The number of benzene rings is 2. The second-order valence-corrected chi connectivity index (χ2v) is 8.93. The molecule has 0 N–H and O–H groups in total. The van der Waals surface area contributed by atoms with Gasteiger partial charge >= 0.3 is 0 Å². The molecular weight excluding hydrogens is 403 g/mol. The van der Waals surface area contributed by atoms with Crippen molar-refractivity contribution in [2.75, 3.05) is 20.0 Å². The Morgan fingerprint density at radius 2 is 0.655 bits per heavy atom. The van der Waals surface area contributed by atoms with Gasteiger partial charge < -0.3 is 0 Å². The van der Waals surface area contributed by atoms with Gasteiger partial charge in [-0.05, 0) is 107 Å². The molecule has 0 unspecified atom stereocenters. The van der Waals surface area contributed by atoms with Gasteiger partial charge in [0.25, 0.3) is 0 Å². The van der Waals surface area contributed by atoms with Gasteiger partial charge in [-0.2, -0.15) is 0 Å². The van der Waals surface area contributed by atoms with Crippen molar-refractivity contribution in [1.82, 2.24) is 0 Å². The Morgan fingerprint density at radius 3 is 0.862 bits per heavy atom. The zero-order valence-corrected chi connectivity index (χ0v) is 20.0. The third-order valence-electron chi connectivity index (χ3n) is 3.01. The molecule has 12 radical (unpaired) electrons. The standard InChI is InChI=1S/C14H10.2C5H5.C3H9P.Ti/c1-3-7-13(8-4-1)11-12-14-9-5-2-6-10-14;2*1-2-4-5-3-1;1-4(2)3;/h1-10H;2*1-5H;1-3H3;. The molecule has 2 saturated carbocycles. The molecule has 0 atom stereocenters. The van der Waals surface area contributed by atoms with Crippen LogP contribution in [-0.2, 0) is 21.7 Å². The van der Waals surface area contributed by atoms with E-state index in [9.17, 15) is 0 Å². The summed E-state index contributed by atoms with van der Waals surface area (Å²) < 4.78 is 0. The predicted octanol–water partition coefficient (Wildman–Crippen LogP) is 6.64. The zero-order chi connectivity index (χ0) is 20.3. The van der Waals surface area contributed by atoms with E-state index in [4.69, 9.17) is 0 Å². The van der Waals surface area contributed by atoms with Crippen LogP contribution in [0.15, 0.2) is 60.7 Å². The first-order valence-corrected chi connectivity index (χ1v) is 11.9. The predicted molar refractivity (Wildman–Crippen MR) is 125 cm³/mol. The average Bonchev–Trinajstić information content (AvgIpc) is 3.46. The largest absolute Gasteiger partial charge is 0.116 e. The minimum atomic E-state index is 0. The summed E-state index contributed by atoms with van der Waals surface area (Å²) in [5.74, 6) is 0. The fraction of sp³-hybridized carbons (Fsp3) is 0.111. The van der Waals surface area contributed by atoms with Crippen molar-refractivity contribution < 1.29 is 21.7 Å². The van der Waals surface area contributed by atoms with E-state index in [1.165, 1.54) is 0 Å². The van der Waals surface area contributed by atoms with Crippen molar-refractivity contribution in [3.05, 3.63) is 148 Å². The molecule has 2 aliphatic carbocycles. The van der Waals surface area contributed by atoms with E-state index in [1.54, 1.807) is 0 Å². The minimum Gasteiger partial charge on any atom is -0.116 e. The molecule has 2 heteroatoms. The SMILES string of the molecule is CP(C)C.[CH]1[CH][CH][CH][CH]1.[CH]1[CH][CH][CH][CH]1.[C](=[C]c1ccccc1)c1ccccc1.[Ti]. The molecule has 29 heavy (non-hydrogen) atoms. The molecule has 146 valence electrons.